The number of aryl methyl sites for hydroxylation is 2. The number of hydrogen-bond donors (Lipinski definition) is 3. The average molecular weight is 262 g/mol. The van der Waals surface area contributed by atoms with Gasteiger partial charge in [0.1, 0.15) is 23.8 Å². The first-order chi connectivity index (χ1) is 9.21. The summed E-state index contributed by atoms with van der Waals surface area (Å²) >= 11 is 0. The highest BCUT2D eigenvalue weighted by Gasteiger charge is 2.05. The number of anilines is 2. The normalized spacial score (nSPS) is 10.5. The van der Waals surface area contributed by atoms with Crippen molar-refractivity contribution in [2.75, 3.05) is 10.7 Å². The van der Waals surface area contributed by atoms with Crippen molar-refractivity contribution < 1.29 is 0 Å². The molecule has 2 rings (SSSR count). The van der Waals surface area contributed by atoms with E-state index in [0.717, 1.165) is 18.7 Å². The van der Waals surface area contributed by atoms with Crippen LogP contribution < -0.4 is 16.6 Å². The number of hydrogen-bond acceptors (Lipinski definition) is 7. The number of nitrogens with two attached hydrogens (primary N) is 1. The van der Waals surface area contributed by atoms with Crippen LogP contribution in [0.1, 0.15) is 25.0 Å². The molecule has 0 aliphatic carbocycles. The molecule has 8 nitrogen and oxygen atoms in total. The number of nitrogens with zero attached hydrogens (tertiary/aromatic N) is 5. The fraction of sp³-hybridized carbons (Fsp3) is 0.455. The number of nitrogen functional groups attached to an aromatic ring is 1. The molecule has 0 aliphatic heterocycles. The third-order valence-electron chi connectivity index (χ3n) is 2.47. The maximum Gasteiger partial charge on any atom is 0.169 e. The fourth-order valence-corrected chi connectivity index (χ4v) is 1.63. The summed E-state index contributed by atoms with van der Waals surface area (Å²) in [5.74, 6) is 8.17. The van der Waals surface area contributed by atoms with E-state index in [9.17, 15) is 0 Å². The first-order valence-corrected chi connectivity index (χ1v) is 6.14. The molecule has 19 heavy (non-hydrogen) atoms. The summed E-state index contributed by atoms with van der Waals surface area (Å²) in [6, 6.07) is 1.75. The van der Waals surface area contributed by atoms with Crippen LogP contribution in [-0.4, -0.2) is 24.7 Å². The van der Waals surface area contributed by atoms with Gasteiger partial charge in [-0.15, -0.1) is 0 Å². The second-order valence-electron chi connectivity index (χ2n) is 4.14. The molecule has 0 radical (unpaired) electrons. The molecule has 0 unspecified atom stereocenters. The molecular formula is C11H18N8. The van der Waals surface area contributed by atoms with Crippen molar-refractivity contribution in [2.24, 2.45) is 12.9 Å². The summed E-state index contributed by atoms with van der Waals surface area (Å²) in [4.78, 5) is 12.8. The van der Waals surface area contributed by atoms with E-state index in [1.165, 1.54) is 0 Å². The van der Waals surface area contributed by atoms with E-state index < -0.39 is 0 Å². The number of hydrazine groups is 1. The molecular weight excluding hydrogens is 244 g/mol. The fourth-order valence-electron chi connectivity index (χ4n) is 1.63. The monoisotopic (exact) mass is 262 g/mol. The highest BCUT2D eigenvalue weighted by molar-refractivity contribution is 5.46. The lowest BCUT2D eigenvalue weighted by Gasteiger charge is -2.08. The van der Waals surface area contributed by atoms with Crippen molar-refractivity contribution in [3.05, 3.63) is 24.0 Å². The number of rotatable bonds is 6. The van der Waals surface area contributed by atoms with Crippen molar-refractivity contribution in [3.63, 3.8) is 0 Å². The number of aromatic nitrogens is 5. The summed E-state index contributed by atoms with van der Waals surface area (Å²) in [5.41, 5.74) is 2.54. The van der Waals surface area contributed by atoms with Gasteiger partial charge in [-0.25, -0.2) is 20.8 Å². The Bertz CT molecular complexity index is 535. The van der Waals surface area contributed by atoms with Crippen molar-refractivity contribution >= 4 is 11.6 Å². The van der Waals surface area contributed by atoms with Crippen LogP contribution in [-0.2, 0) is 20.0 Å². The zero-order valence-corrected chi connectivity index (χ0v) is 11.1. The third kappa shape index (κ3) is 3.62. The second-order valence-corrected chi connectivity index (χ2v) is 4.14. The average Bonchev–Trinajstić information content (AvgIpc) is 2.82. The van der Waals surface area contributed by atoms with Crippen LogP contribution >= 0.6 is 0 Å². The molecule has 4 N–H and O–H groups in total. The Morgan fingerprint density at radius 3 is 2.68 bits per heavy atom. The van der Waals surface area contributed by atoms with Crippen molar-refractivity contribution in [2.45, 2.75) is 26.3 Å². The molecule has 0 saturated carbocycles. The molecule has 0 aromatic carbocycles. The predicted octanol–water partition coefficient (Wildman–Crippen LogP) is 0.455. The summed E-state index contributed by atoms with van der Waals surface area (Å²) in [6.07, 6.45) is 3.45. The molecule has 2 heterocycles. The van der Waals surface area contributed by atoms with Crippen LogP contribution in [0, 0.1) is 0 Å². The molecule has 8 heteroatoms. The first kappa shape index (κ1) is 13.2. The van der Waals surface area contributed by atoms with Crippen LogP contribution in [0.15, 0.2) is 12.4 Å². The summed E-state index contributed by atoms with van der Waals surface area (Å²) in [5, 5.41) is 7.35. The minimum absolute atomic E-state index is 0.507. The molecule has 0 fully saturated rings. The zero-order chi connectivity index (χ0) is 13.7. The van der Waals surface area contributed by atoms with Gasteiger partial charge in [-0.3, -0.25) is 4.68 Å². The van der Waals surface area contributed by atoms with Crippen LogP contribution in [0.3, 0.4) is 0 Å². The Morgan fingerprint density at radius 1 is 1.26 bits per heavy atom. The maximum absolute atomic E-state index is 5.40. The molecule has 0 bridgehead atoms. The minimum atomic E-state index is 0.507. The molecule has 0 spiro atoms. The predicted molar refractivity (Wildman–Crippen MR) is 72.2 cm³/mol. The Hall–Kier alpha value is -2.22. The molecule has 0 atom stereocenters. The molecule has 2 aromatic rings. The lowest BCUT2D eigenvalue weighted by atomic mass is 10.3. The standard InChI is InChI=1S/C11H18N8/c1-3-4-8-15-9(5-10(16-8)17-12)13-6-11-14-7-19(2)18-11/h5,7H,3-4,6,12H2,1-2H3,(H2,13,15,16,17). The van der Waals surface area contributed by atoms with E-state index in [1.807, 2.05) is 7.05 Å². The van der Waals surface area contributed by atoms with Crippen molar-refractivity contribution in [3.8, 4) is 0 Å². The quantitative estimate of drug-likeness (QED) is 0.512. The van der Waals surface area contributed by atoms with Gasteiger partial charge in [-0.2, -0.15) is 5.10 Å². The van der Waals surface area contributed by atoms with Gasteiger partial charge in [0, 0.05) is 19.5 Å². The molecule has 0 saturated heterocycles. The van der Waals surface area contributed by atoms with Crippen molar-refractivity contribution in [1.29, 1.82) is 0 Å². The van der Waals surface area contributed by atoms with Gasteiger partial charge in [-0.1, -0.05) is 6.92 Å². The highest BCUT2D eigenvalue weighted by Crippen LogP contribution is 2.12. The summed E-state index contributed by atoms with van der Waals surface area (Å²) < 4.78 is 1.66. The lowest BCUT2D eigenvalue weighted by molar-refractivity contribution is 0.746. The topological polar surface area (TPSA) is 107 Å². The lowest BCUT2D eigenvalue weighted by Crippen LogP contribution is -2.12. The van der Waals surface area contributed by atoms with Gasteiger partial charge in [0.25, 0.3) is 0 Å². The zero-order valence-electron chi connectivity index (χ0n) is 11.1. The van der Waals surface area contributed by atoms with Gasteiger partial charge < -0.3 is 10.7 Å². The number of nitrogens with one attached hydrogen (secondary N) is 2. The van der Waals surface area contributed by atoms with Crippen LogP contribution in [0.5, 0.6) is 0 Å². The van der Waals surface area contributed by atoms with E-state index in [4.69, 9.17) is 5.84 Å². The molecule has 0 amide bonds. The maximum atomic E-state index is 5.40. The summed E-state index contributed by atoms with van der Waals surface area (Å²) in [6.45, 7) is 2.59. The van der Waals surface area contributed by atoms with E-state index in [0.29, 0.717) is 24.0 Å². The van der Waals surface area contributed by atoms with Crippen molar-refractivity contribution in [1.82, 2.24) is 24.7 Å². The Kier molecular flexibility index (Phi) is 4.24. The van der Waals surface area contributed by atoms with Crippen LogP contribution in [0.4, 0.5) is 11.6 Å². The van der Waals surface area contributed by atoms with Crippen LogP contribution in [0.2, 0.25) is 0 Å². The second kappa shape index (κ2) is 6.10. The molecule has 2 aromatic heterocycles. The Balaban J connectivity index is 2.08. The smallest absolute Gasteiger partial charge is 0.169 e. The van der Waals surface area contributed by atoms with E-state index in [1.54, 1.807) is 17.1 Å². The van der Waals surface area contributed by atoms with E-state index in [-0.39, 0.29) is 0 Å². The Labute approximate surface area is 111 Å². The SMILES string of the molecule is CCCc1nc(NN)cc(NCc2ncn(C)n2)n1. The van der Waals surface area contributed by atoms with Gasteiger partial charge in [0.2, 0.25) is 0 Å². The largest absolute Gasteiger partial charge is 0.363 e. The van der Waals surface area contributed by atoms with Gasteiger partial charge in [-0.05, 0) is 6.42 Å². The summed E-state index contributed by atoms with van der Waals surface area (Å²) in [7, 11) is 1.83. The first-order valence-electron chi connectivity index (χ1n) is 6.14. The van der Waals surface area contributed by atoms with E-state index in [2.05, 4.69) is 37.7 Å². The Morgan fingerprint density at radius 2 is 2.05 bits per heavy atom. The highest BCUT2D eigenvalue weighted by atomic mass is 15.3. The van der Waals surface area contributed by atoms with Gasteiger partial charge in [0.15, 0.2) is 5.82 Å². The molecule has 102 valence electrons. The van der Waals surface area contributed by atoms with E-state index >= 15 is 0 Å². The minimum Gasteiger partial charge on any atom is -0.363 e. The third-order valence-corrected chi connectivity index (χ3v) is 2.47. The molecule has 0 aliphatic rings. The van der Waals surface area contributed by atoms with Gasteiger partial charge in [0.05, 0.1) is 6.54 Å². The van der Waals surface area contributed by atoms with Gasteiger partial charge >= 0.3 is 0 Å². The van der Waals surface area contributed by atoms with Crippen LogP contribution in [0.25, 0.3) is 0 Å².